The molecule has 3 heterocycles. The van der Waals surface area contributed by atoms with Gasteiger partial charge < -0.3 is 4.90 Å². The van der Waals surface area contributed by atoms with Crippen LogP contribution in [-0.4, -0.2) is 43.9 Å². The molecule has 1 aliphatic heterocycles. The van der Waals surface area contributed by atoms with Crippen LogP contribution in [0.3, 0.4) is 0 Å². The van der Waals surface area contributed by atoms with Crippen molar-refractivity contribution in [1.29, 1.82) is 5.26 Å². The minimum absolute atomic E-state index is 0.0821. The number of nitrogens with zero attached hydrogens (tertiary/aromatic N) is 5. The van der Waals surface area contributed by atoms with Crippen LogP contribution in [0.4, 0.5) is 0 Å². The Labute approximate surface area is 125 Å². The molecular weight excluding hydrogens is 280 g/mol. The largest absolute Gasteiger partial charge is 0.333 e. The van der Waals surface area contributed by atoms with Crippen molar-refractivity contribution in [2.45, 2.75) is 6.04 Å². The predicted molar refractivity (Wildman–Crippen MR) is 78.0 cm³/mol. The molecule has 0 aliphatic carbocycles. The molecule has 1 aliphatic rings. The van der Waals surface area contributed by atoms with E-state index in [0.717, 1.165) is 10.9 Å². The summed E-state index contributed by atoms with van der Waals surface area (Å²) in [7, 11) is 0. The number of carbonyl (C=O) groups is 1. The molecule has 1 amide bonds. The van der Waals surface area contributed by atoms with E-state index in [2.05, 4.69) is 15.3 Å². The highest BCUT2D eigenvalue weighted by Gasteiger charge is 2.34. The van der Waals surface area contributed by atoms with Crippen LogP contribution in [0.25, 0.3) is 10.9 Å². The first kappa shape index (κ1) is 12.6. The Balaban J connectivity index is 1.51. The summed E-state index contributed by atoms with van der Waals surface area (Å²) in [5, 5.41) is 20.8. The third kappa shape index (κ3) is 1.85. The number of aromatic nitrogens is 4. The summed E-state index contributed by atoms with van der Waals surface area (Å²) in [6.45, 7) is 1.15. The van der Waals surface area contributed by atoms with Gasteiger partial charge in [-0.1, -0.05) is 18.2 Å². The molecule has 1 aromatic carbocycles. The van der Waals surface area contributed by atoms with Crippen LogP contribution in [0.15, 0.2) is 36.7 Å². The molecule has 0 atom stereocenters. The summed E-state index contributed by atoms with van der Waals surface area (Å²) in [5.74, 6) is -0.0821. The van der Waals surface area contributed by atoms with Crippen LogP contribution >= 0.6 is 0 Å². The second-order valence-electron chi connectivity index (χ2n) is 5.30. The Morgan fingerprint density at radius 2 is 2.18 bits per heavy atom. The van der Waals surface area contributed by atoms with E-state index in [9.17, 15) is 4.79 Å². The van der Waals surface area contributed by atoms with E-state index in [1.54, 1.807) is 15.8 Å². The van der Waals surface area contributed by atoms with Crippen molar-refractivity contribution in [3.8, 4) is 6.07 Å². The fraction of sp³-hybridized carbons (Fsp3) is 0.200. The maximum absolute atomic E-state index is 12.5. The van der Waals surface area contributed by atoms with E-state index in [0.29, 0.717) is 24.3 Å². The minimum atomic E-state index is -0.0821. The van der Waals surface area contributed by atoms with Gasteiger partial charge in [-0.25, -0.2) is 0 Å². The first-order chi connectivity index (χ1) is 10.8. The molecule has 1 N–H and O–H groups in total. The van der Waals surface area contributed by atoms with E-state index >= 15 is 0 Å². The van der Waals surface area contributed by atoms with Crippen LogP contribution in [0.1, 0.15) is 22.1 Å². The Morgan fingerprint density at radius 1 is 1.36 bits per heavy atom. The van der Waals surface area contributed by atoms with Crippen LogP contribution in [-0.2, 0) is 0 Å². The van der Waals surface area contributed by atoms with Crippen LogP contribution < -0.4 is 0 Å². The molecule has 0 bridgehead atoms. The number of hydrogen-bond acceptors (Lipinski definition) is 4. The summed E-state index contributed by atoms with van der Waals surface area (Å²) in [4.78, 5) is 14.2. The van der Waals surface area contributed by atoms with Gasteiger partial charge in [0.25, 0.3) is 5.91 Å². The highest BCUT2D eigenvalue weighted by molar-refractivity contribution is 6.04. The summed E-state index contributed by atoms with van der Waals surface area (Å²) in [6, 6.07) is 9.74. The van der Waals surface area contributed by atoms with Crippen molar-refractivity contribution in [1.82, 2.24) is 24.9 Å². The number of carbonyl (C=O) groups excluding carboxylic acids is 1. The first-order valence-electron chi connectivity index (χ1n) is 6.93. The van der Waals surface area contributed by atoms with Gasteiger partial charge in [0, 0.05) is 24.7 Å². The van der Waals surface area contributed by atoms with E-state index in [4.69, 9.17) is 5.26 Å². The molecule has 4 rings (SSSR count). The lowest BCUT2D eigenvalue weighted by Crippen LogP contribution is -2.51. The van der Waals surface area contributed by atoms with Gasteiger partial charge in [0.2, 0.25) is 0 Å². The number of para-hydroxylation sites is 1. The zero-order valence-electron chi connectivity index (χ0n) is 11.6. The molecule has 108 valence electrons. The number of likely N-dealkylation sites (tertiary alicyclic amines) is 1. The molecule has 7 heteroatoms. The molecule has 3 aromatic rings. The number of H-pyrrole nitrogens is 1. The normalized spacial score (nSPS) is 14.8. The average Bonchev–Trinajstić information content (AvgIpc) is 3.12. The van der Waals surface area contributed by atoms with Gasteiger partial charge >= 0.3 is 0 Å². The van der Waals surface area contributed by atoms with Gasteiger partial charge in [-0.15, -0.1) is 0 Å². The van der Waals surface area contributed by atoms with Crippen LogP contribution in [0, 0.1) is 11.3 Å². The molecule has 1 fully saturated rings. The Bertz CT molecular complexity index is 896. The van der Waals surface area contributed by atoms with Crippen LogP contribution in [0.2, 0.25) is 0 Å². The van der Waals surface area contributed by atoms with E-state index in [-0.39, 0.29) is 11.9 Å². The number of nitriles is 1. The summed E-state index contributed by atoms with van der Waals surface area (Å²) >= 11 is 0. The van der Waals surface area contributed by atoms with Crippen molar-refractivity contribution < 1.29 is 4.79 Å². The minimum Gasteiger partial charge on any atom is -0.333 e. The number of fused-ring (bicyclic) bond motifs is 1. The third-order valence-corrected chi connectivity index (χ3v) is 3.93. The molecule has 2 aromatic heterocycles. The maximum atomic E-state index is 12.5. The van der Waals surface area contributed by atoms with Crippen LogP contribution in [0.5, 0.6) is 0 Å². The average molecular weight is 292 g/mol. The SMILES string of the molecule is N#Cc1cnn(C2CN(C(=O)c3n[nH]c4ccccc34)C2)c1. The Hall–Kier alpha value is -3.14. The van der Waals surface area contributed by atoms with Crippen molar-refractivity contribution in [2.75, 3.05) is 13.1 Å². The maximum Gasteiger partial charge on any atom is 0.275 e. The van der Waals surface area contributed by atoms with Crippen molar-refractivity contribution in [2.24, 2.45) is 0 Å². The van der Waals surface area contributed by atoms with Crippen molar-refractivity contribution >= 4 is 16.8 Å². The summed E-state index contributed by atoms with van der Waals surface area (Å²) in [5.41, 5.74) is 1.84. The molecular formula is C15H12N6O. The molecule has 22 heavy (non-hydrogen) atoms. The third-order valence-electron chi connectivity index (χ3n) is 3.93. The summed E-state index contributed by atoms with van der Waals surface area (Å²) in [6.07, 6.45) is 3.24. The molecule has 0 radical (unpaired) electrons. The number of aromatic amines is 1. The quantitative estimate of drug-likeness (QED) is 0.771. The van der Waals surface area contributed by atoms with E-state index in [1.807, 2.05) is 30.3 Å². The fourth-order valence-electron chi connectivity index (χ4n) is 2.66. The Kier molecular flexibility index (Phi) is 2.69. The number of nitrogens with one attached hydrogen (secondary N) is 1. The number of rotatable bonds is 2. The zero-order chi connectivity index (χ0) is 15.1. The van der Waals surface area contributed by atoms with Gasteiger partial charge in [0.05, 0.1) is 23.3 Å². The van der Waals surface area contributed by atoms with Gasteiger partial charge in [0.1, 0.15) is 6.07 Å². The van der Waals surface area contributed by atoms with Crippen molar-refractivity contribution in [3.63, 3.8) is 0 Å². The number of benzene rings is 1. The smallest absolute Gasteiger partial charge is 0.275 e. The molecule has 7 nitrogen and oxygen atoms in total. The molecule has 0 unspecified atom stereocenters. The Morgan fingerprint density at radius 3 is 2.95 bits per heavy atom. The standard InChI is InChI=1S/C15H12N6O/c16-5-10-6-17-21(7-10)11-8-20(9-11)15(22)14-12-3-1-2-4-13(12)18-19-14/h1-4,6-7,11H,8-9H2,(H,18,19). The van der Waals surface area contributed by atoms with E-state index < -0.39 is 0 Å². The van der Waals surface area contributed by atoms with Gasteiger partial charge in [-0.3, -0.25) is 14.6 Å². The lowest BCUT2D eigenvalue weighted by atomic mass is 10.1. The lowest BCUT2D eigenvalue weighted by Gasteiger charge is -2.38. The van der Waals surface area contributed by atoms with Gasteiger partial charge in [0.15, 0.2) is 5.69 Å². The fourth-order valence-corrected chi connectivity index (χ4v) is 2.66. The van der Waals surface area contributed by atoms with E-state index in [1.165, 1.54) is 6.20 Å². The molecule has 0 saturated carbocycles. The second-order valence-corrected chi connectivity index (χ2v) is 5.30. The summed E-state index contributed by atoms with van der Waals surface area (Å²) < 4.78 is 1.74. The number of hydrogen-bond donors (Lipinski definition) is 1. The predicted octanol–water partition coefficient (Wildman–Crippen LogP) is 1.33. The van der Waals surface area contributed by atoms with Crippen molar-refractivity contribution in [3.05, 3.63) is 47.9 Å². The highest BCUT2D eigenvalue weighted by atomic mass is 16.2. The monoisotopic (exact) mass is 292 g/mol. The lowest BCUT2D eigenvalue weighted by molar-refractivity contribution is 0.0497. The number of amides is 1. The molecule has 1 saturated heterocycles. The van der Waals surface area contributed by atoms with Gasteiger partial charge in [-0.2, -0.15) is 15.5 Å². The molecule has 0 spiro atoms. The second kappa shape index (κ2) is 4.70. The highest BCUT2D eigenvalue weighted by Crippen LogP contribution is 2.25. The topological polar surface area (TPSA) is 90.6 Å². The zero-order valence-corrected chi connectivity index (χ0v) is 11.6. The first-order valence-corrected chi connectivity index (χ1v) is 6.93. The van der Waals surface area contributed by atoms with Gasteiger partial charge in [-0.05, 0) is 6.07 Å².